The number of H-pyrrole nitrogens is 1. The second-order valence-corrected chi connectivity index (χ2v) is 9.03. The summed E-state index contributed by atoms with van der Waals surface area (Å²) >= 11 is 0. The molecule has 0 bridgehead atoms. The first-order valence-electron chi connectivity index (χ1n) is 12.5. The van der Waals surface area contributed by atoms with Crippen molar-refractivity contribution in [2.75, 3.05) is 0 Å². The summed E-state index contributed by atoms with van der Waals surface area (Å²) in [6, 6.07) is 24.4. The molecule has 1 heterocycles. The van der Waals surface area contributed by atoms with E-state index in [0.717, 1.165) is 0 Å². The van der Waals surface area contributed by atoms with Crippen LogP contribution in [0.4, 0.5) is 0 Å². The van der Waals surface area contributed by atoms with Crippen molar-refractivity contribution in [1.82, 2.24) is 4.98 Å². The van der Waals surface area contributed by atoms with Crippen LogP contribution in [0.5, 0.6) is 0 Å². The maximum absolute atomic E-state index is 3.63. The van der Waals surface area contributed by atoms with Crippen molar-refractivity contribution < 1.29 is 0 Å². The monoisotopic (exact) mass is 411 g/mol. The number of para-hydroxylation sites is 2. The van der Waals surface area contributed by atoms with Gasteiger partial charge in [0.1, 0.15) is 0 Å². The van der Waals surface area contributed by atoms with Gasteiger partial charge in [-0.15, -0.1) is 0 Å². The minimum atomic E-state index is 1.20. The van der Waals surface area contributed by atoms with Gasteiger partial charge in [0.2, 0.25) is 0 Å². The van der Waals surface area contributed by atoms with Crippen LogP contribution in [0.1, 0.15) is 76.7 Å². The summed E-state index contributed by atoms with van der Waals surface area (Å²) in [6.07, 6.45) is 15.2. The molecule has 3 aromatic carbocycles. The fraction of sp³-hybridized carbons (Fsp3) is 0.400. The molecular weight excluding hydrogens is 374 g/mol. The van der Waals surface area contributed by atoms with E-state index in [2.05, 4.69) is 78.6 Å². The summed E-state index contributed by atoms with van der Waals surface area (Å²) < 4.78 is 0. The molecule has 0 saturated carbocycles. The molecule has 1 aromatic heterocycles. The van der Waals surface area contributed by atoms with Crippen molar-refractivity contribution in [1.29, 1.82) is 0 Å². The van der Waals surface area contributed by atoms with Crippen molar-refractivity contribution in [2.45, 2.75) is 77.6 Å². The highest BCUT2D eigenvalue weighted by Gasteiger charge is 2.09. The highest BCUT2D eigenvalue weighted by Crippen LogP contribution is 2.33. The molecule has 0 unspecified atom stereocenters. The molecule has 0 aliphatic rings. The van der Waals surface area contributed by atoms with Gasteiger partial charge in [-0.05, 0) is 30.0 Å². The average molecular weight is 412 g/mol. The molecule has 0 saturated heterocycles. The second kappa shape index (κ2) is 11.2. The third kappa shape index (κ3) is 5.58. The van der Waals surface area contributed by atoms with Crippen molar-refractivity contribution in [3.8, 4) is 11.1 Å². The molecule has 0 aliphatic heterocycles. The number of fused-ring (bicyclic) bond motifs is 3. The predicted octanol–water partition coefficient (Wildman–Crippen LogP) is 9.45. The Morgan fingerprint density at radius 2 is 1.23 bits per heavy atom. The highest BCUT2D eigenvalue weighted by molar-refractivity contribution is 6.11. The number of unbranched alkanes of at least 4 members (excludes halogenated alkanes) is 9. The van der Waals surface area contributed by atoms with Crippen LogP contribution in [0.25, 0.3) is 32.9 Å². The van der Waals surface area contributed by atoms with Gasteiger partial charge in [0, 0.05) is 21.9 Å². The average Bonchev–Trinajstić information content (AvgIpc) is 3.20. The predicted molar refractivity (Wildman–Crippen MR) is 137 cm³/mol. The van der Waals surface area contributed by atoms with Crippen molar-refractivity contribution >= 4 is 21.8 Å². The van der Waals surface area contributed by atoms with Gasteiger partial charge in [0.15, 0.2) is 0 Å². The largest absolute Gasteiger partial charge is 0.354 e. The summed E-state index contributed by atoms with van der Waals surface area (Å²) in [6.45, 7) is 2.29. The standard InChI is InChI=1S/C30H37N/c1-2-3-4-5-6-7-8-9-10-11-15-24-20-22-25(23-21-24)26-17-14-18-28-27-16-12-13-19-29(27)31-30(26)28/h12-14,16-23,31H,2-11,15H2,1H3. The number of aryl methyl sites for hydroxylation is 1. The fourth-order valence-electron chi connectivity index (χ4n) is 4.78. The van der Waals surface area contributed by atoms with E-state index in [9.17, 15) is 0 Å². The molecule has 1 nitrogen and oxygen atoms in total. The Hall–Kier alpha value is -2.54. The van der Waals surface area contributed by atoms with E-state index in [1.54, 1.807) is 0 Å². The Morgan fingerprint density at radius 3 is 1.97 bits per heavy atom. The van der Waals surface area contributed by atoms with E-state index in [4.69, 9.17) is 0 Å². The molecule has 1 heteroatoms. The normalized spacial score (nSPS) is 11.5. The van der Waals surface area contributed by atoms with Gasteiger partial charge in [0.25, 0.3) is 0 Å². The number of aromatic nitrogens is 1. The summed E-state index contributed by atoms with van der Waals surface area (Å²) in [5.74, 6) is 0. The fourth-order valence-corrected chi connectivity index (χ4v) is 4.78. The van der Waals surface area contributed by atoms with Crippen LogP contribution in [0.15, 0.2) is 66.7 Å². The lowest BCUT2D eigenvalue weighted by Crippen LogP contribution is -1.88. The molecule has 162 valence electrons. The molecule has 0 amide bonds. The van der Waals surface area contributed by atoms with E-state index in [1.807, 2.05) is 0 Å². The zero-order valence-corrected chi connectivity index (χ0v) is 19.1. The van der Waals surface area contributed by atoms with Gasteiger partial charge < -0.3 is 4.98 Å². The van der Waals surface area contributed by atoms with Gasteiger partial charge >= 0.3 is 0 Å². The third-order valence-electron chi connectivity index (χ3n) is 6.63. The lowest BCUT2D eigenvalue weighted by molar-refractivity contribution is 0.556. The van der Waals surface area contributed by atoms with E-state index in [-0.39, 0.29) is 0 Å². The maximum atomic E-state index is 3.63. The molecule has 1 N–H and O–H groups in total. The Kier molecular flexibility index (Phi) is 7.82. The van der Waals surface area contributed by atoms with Gasteiger partial charge in [-0.2, -0.15) is 0 Å². The van der Waals surface area contributed by atoms with Crippen molar-refractivity contribution in [3.05, 3.63) is 72.3 Å². The first-order valence-corrected chi connectivity index (χ1v) is 12.5. The summed E-state index contributed by atoms with van der Waals surface area (Å²) in [7, 11) is 0. The topological polar surface area (TPSA) is 15.8 Å². The second-order valence-electron chi connectivity index (χ2n) is 9.03. The quantitative estimate of drug-likeness (QED) is 0.223. The minimum absolute atomic E-state index is 1.20. The Balaban J connectivity index is 1.28. The van der Waals surface area contributed by atoms with Crippen LogP contribution in [0.3, 0.4) is 0 Å². The zero-order chi connectivity index (χ0) is 21.3. The Labute approximate surface area is 187 Å². The van der Waals surface area contributed by atoms with Gasteiger partial charge in [-0.1, -0.05) is 125 Å². The number of hydrogen-bond donors (Lipinski definition) is 1. The van der Waals surface area contributed by atoms with E-state index >= 15 is 0 Å². The molecule has 0 aliphatic carbocycles. The number of aromatic amines is 1. The third-order valence-corrected chi connectivity index (χ3v) is 6.63. The zero-order valence-electron chi connectivity index (χ0n) is 19.1. The first kappa shape index (κ1) is 21.7. The molecule has 0 radical (unpaired) electrons. The van der Waals surface area contributed by atoms with Crippen LogP contribution < -0.4 is 0 Å². The van der Waals surface area contributed by atoms with Gasteiger partial charge in [-0.25, -0.2) is 0 Å². The number of benzene rings is 3. The molecule has 4 rings (SSSR count). The first-order chi connectivity index (χ1) is 15.4. The Bertz CT molecular complexity index is 1070. The number of nitrogens with one attached hydrogen (secondary N) is 1. The molecule has 31 heavy (non-hydrogen) atoms. The molecule has 0 fully saturated rings. The van der Waals surface area contributed by atoms with Crippen molar-refractivity contribution in [2.24, 2.45) is 0 Å². The van der Waals surface area contributed by atoms with Gasteiger partial charge in [-0.3, -0.25) is 0 Å². The van der Waals surface area contributed by atoms with Crippen LogP contribution in [-0.2, 0) is 6.42 Å². The summed E-state index contributed by atoms with van der Waals surface area (Å²) in [5.41, 5.74) is 6.50. The van der Waals surface area contributed by atoms with E-state index in [1.165, 1.54) is 109 Å². The maximum Gasteiger partial charge on any atom is 0.0544 e. The number of rotatable bonds is 12. The molecular formula is C30H37N. The van der Waals surface area contributed by atoms with Crippen LogP contribution in [-0.4, -0.2) is 4.98 Å². The molecule has 4 aromatic rings. The summed E-state index contributed by atoms with van der Waals surface area (Å²) in [4.78, 5) is 3.63. The van der Waals surface area contributed by atoms with E-state index < -0.39 is 0 Å². The van der Waals surface area contributed by atoms with Crippen LogP contribution in [0, 0.1) is 0 Å². The van der Waals surface area contributed by atoms with Crippen LogP contribution >= 0.6 is 0 Å². The molecule has 0 spiro atoms. The number of hydrogen-bond acceptors (Lipinski definition) is 0. The highest BCUT2D eigenvalue weighted by atomic mass is 14.7. The Morgan fingerprint density at radius 1 is 0.581 bits per heavy atom. The van der Waals surface area contributed by atoms with Gasteiger partial charge in [0.05, 0.1) is 5.52 Å². The SMILES string of the molecule is CCCCCCCCCCCCc1ccc(-c2cccc3c2[nH]c2ccccc23)cc1. The van der Waals surface area contributed by atoms with Crippen molar-refractivity contribution in [3.63, 3.8) is 0 Å². The summed E-state index contributed by atoms with van der Waals surface area (Å²) in [5, 5.41) is 2.61. The smallest absolute Gasteiger partial charge is 0.0544 e. The minimum Gasteiger partial charge on any atom is -0.354 e. The molecule has 0 atom stereocenters. The lowest BCUT2D eigenvalue weighted by Gasteiger charge is -2.07. The van der Waals surface area contributed by atoms with Crippen LogP contribution in [0.2, 0.25) is 0 Å². The lowest BCUT2D eigenvalue weighted by atomic mass is 9.99. The van der Waals surface area contributed by atoms with E-state index in [0.29, 0.717) is 0 Å².